The van der Waals surface area contributed by atoms with E-state index in [1.54, 1.807) is 37.5 Å². The summed E-state index contributed by atoms with van der Waals surface area (Å²) in [6.45, 7) is 0. The number of rotatable bonds is 5. The zero-order chi connectivity index (χ0) is 14.4. The molecule has 0 aliphatic rings. The van der Waals surface area contributed by atoms with Gasteiger partial charge in [0, 0.05) is 5.41 Å². The van der Waals surface area contributed by atoms with Crippen molar-refractivity contribution in [2.45, 2.75) is 5.75 Å². The minimum atomic E-state index is -3.27. The van der Waals surface area contributed by atoms with Gasteiger partial charge in [0.05, 0.1) is 12.9 Å². The summed E-state index contributed by atoms with van der Waals surface area (Å²) in [7, 11) is -1.70. The Kier molecular flexibility index (Phi) is 4.58. The van der Waals surface area contributed by atoms with Crippen LogP contribution in [-0.2, 0) is 15.6 Å². The molecular formula is C16H16O3S. The summed E-state index contributed by atoms with van der Waals surface area (Å²) in [6.07, 6.45) is 1.61. The lowest BCUT2D eigenvalue weighted by molar-refractivity contribution is 0.414. The van der Waals surface area contributed by atoms with Crippen LogP contribution in [0.3, 0.4) is 0 Å². The lowest BCUT2D eigenvalue weighted by Gasteiger charge is -2.02. The second kappa shape index (κ2) is 6.39. The molecule has 2 aromatic carbocycles. The average Bonchev–Trinajstić information content (AvgIpc) is 2.47. The van der Waals surface area contributed by atoms with E-state index in [4.69, 9.17) is 4.74 Å². The summed E-state index contributed by atoms with van der Waals surface area (Å²) >= 11 is 0. The molecule has 4 heteroatoms. The molecule has 0 heterocycles. The number of hydrogen-bond acceptors (Lipinski definition) is 3. The van der Waals surface area contributed by atoms with Gasteiger partial charge in [-0.05, 0) is 29.3 Å². The summed E-state index contributed by atoms with van der Waals surface area (Å²) in [6, 6.07) is 16.4. The number of ether oxygens (including phenoxy) is 1. The second-order valence-electron chi connectivity index (χ2n) is 4.37. The van der Waals surface area contributed by atoms with Gasteiger partial charge in [-0.2, -0.15) is 0 Å². The predicted molar refractivity (Wildman–Crippen MR) is 81.1 cm³/mol. The molecule has 0 radical (unpaired) electrons. The molecule has 0 aliphatic carbocycles. The van der Waals surface area contributed by atoms with Crippen molar-refractivity contribution in [3.05, 3.63) is 71.1 Å². The monoisotopic (exact) mass is 288 g/mol. The third kappa shape index (κ3) is 4.24. The van der Waals surface area contributed by atoms with Crippen LogP contribution in [0.2, 0.25) is 0 Å². The van der Waals surface area contributed by atoms with E-state index in [-0.39, 0.29) is 5.75 Å². The van der Waals surface area contributed by atoms with Crippen LogP contribution in [-0.4, -0.2) is 15.5 Å². The molecule has 3 nitrogen and oxygen atoms in total. The van der Waals surface area contributed by atoms with Crippen molar-refractivity contribution in [2.24, 2.45) is 0 Å². The van der Waals surface area contributed by atoms with Crippen LogP contribution in [0.15, 0.2) is 60.0 Å². The summed E-state index contributed by atoms with van der Waals surface area (Å²) < 4.78 is 29.1. The molecule has 0 fully saturated rings. The molecule has 0 atom stereocenters. The molecule has 0 aliphatic heterocycles. The summed E-state index contributed by atoms with van der Waals surface area (Å²) in [5.41, 5.74) is 1.61. The van der Waals surface area contributed by atoms with Crippen LogP contribution in [0.5, 0.6) is 5.75 Å². The van der Waals surface area contributed by atoms with Gasteiger partial charge in [-0.3, -0.25) is 0 Å². The zero-order valence-corrected chi connectivity index (χ0v) is 12.0. The van der Waals surface area contributed by atoms with Crippen molar-refractivity contribution in [1.29, 1.82) is 0 Å². The molecule has 104 valence electrons. The lowest BCUT2D eigenvalue weighted by atomic mass is 10.2. The molecule has 0 aromatic heterocycles. The summed E-state index contributed by atoms with van der Waals surface area (Å²) in [4.78, 5) is 0. The first-order valence-electron chi connectivity index (χ1n) is 6.18. The van der Waals surface area contributed by atoms with E-state index in [2.05, 4.69) is 0 Å². The molecule has 0 amide bonds. The Morgan fingerprint density at radius 2 is 1.65 bits per heavy atom. The van der Waals surface area contributed by atoms with Crippen molar-refractivity contribution in [3.8, 4) is 5.75 Å². The van der Waals surface area contributed by atoms with E-state index in [1.807, 2.05) is 30.3 Å². The topological polar surface area (TPSA) is 43.4 Å². The highest BCUT2D eigenvalue weighted by molar-refractivity contribution is 7.93. The standard InChI is InChI=1S/C16H16O3S/c1-19-16-9-7-15(8-10-16)13-20(17,18)12-11-14-5-3-2-4-6-14/h2-12H,13H2,1H3/b12-11+. The van der Waals surface area contributed by atoms with Crippen LogP contribution < -0.4 is 4.74 Å². The van der Waals surface area contributed by atoms with Gasteiger partial charge in [-0.1, -0.05) is 42.5 Å². The molecule has 0 saturated heterocycles. The first kappa shape index (κ1) is 14.3. The molecule has 0 unspecified atom stereocenters. The SMILES string of the molecule is COc1ccc(CS(=O)(=O)/C=C/c2ccccc2)cc1. The van der Waals surface area contributed by atoms with Crippen molar-refractivity contribution in [3.63, 3.8) is 0 Å². The van der Waals surface area contributed by atoms with E-state index < -0.39 is 9.84 Å². The molecular weight excluding hydrogens is 272 g/mol. The Labute approximate surface area is 119 Å². The Morgan fingerprint density at radius 1 is 1.00 bits per heavy atom. The predicted octanol–water partition coefficient (Wildman–Crippen LogP) is 3.28. The van der Waals surface area contributed by atoms with Gasteiger partial charge in [-0.25, -0.2) is 8.42 Å². The molecule has 0 N–H and O–H groups in total. The smallest absolute Gasteiger partial charge is 0.175 e. The Balaban J connectivity index is 2.09. The fourth-order valence-corrected chi connectivity index (χ4v) is 2.87. The number of benzene rings is 2. The van der Waals surface area contributed by atoms with Gasteiger partial charge in [0.2, 0.25) is 0 Å². The van der Waals surface area contributed by atoms with E-state index in [0.29, 0.717) is 5.75 Å². The molecule has 2 rings (SSSR count). The molecule has 2 aromatic rings. The van der Waals surface area contributed by atoms with Crippen LogP contribution in [0.25, 0.3) is 6.08 Å². The van der Waals surface area contributed by atoms with Crippen LogP contribution in [0.4, 0.5) is 0 Å². The van der Waals surface area contributed by atoms with Gasteiger partial charge in [0.25, 0.3) is 0 Å². The highest BCUT2D eigenvalue weighted by Gasteiger charge is 2.07. The molecule has 0 saturated carbocycles. The van der Waals surface area contributed by atoms with Crippen LogP contribution in [0.1, 0.15) is 11.1 Å². The van der Waals surface area contributed by atoms with E-state index >= 15 is 0 Å². The van der Waals surface area contributed by atoms with E-state index in [0.717, 1.165) is 11.1 Å². The van der Waals surface area contributed by atoms with Crippen LogP contribution in [0, 0.1) is 0 Å². The zero-order valence-electron chi connectivity index (χ0n) is 11.2. The highest BCUT2D eigenvalue weighted by Crippen LogP contribution is 2.15. The van der Waals surface area contributed by atoms with Crippen molar-refractivity contribution in [2.75, 3.05) is 7.11 Å². The van der Waals surface area contributed by atoms with Gasteiger partial charge in [0.1, 0.15) is 5.75 Å². The minimum Gasteiger partial charge on any atom is -0.497 e. The quantitative estimate of drug-likeness (QED) is 0.848. The van der Waals surface area contributed by atoms with Crippen molar-refractivity contribution in [1.82, 2.24) is 0 Å². The maximum absolute atomic E-state index is 12.0. The fourth-order valence-electron chi connectivity index (χ4n) is 1.75. The average molecular weight is 288 g/mol. The molecule has 0 bridgehead atoms. The number of hydrogen-bond donors (Lipinski definition) is 0. The van der Waals surface area contributed by atoms with Crippen molar-refractivity contribution >= 4 is 15.9 Å². The maximum atomic E-state index is 12.0. The Morgan fingerprint density at radius 3 is 2.25 bits per heavy atom. The maximum Gasteiger partial charge on any atom is 0.175 e. The summed E-state index contributed by atoms with van der Waals surface area (Å²) in [5.74, 6) is 0.700. The number of sulfone groups is 1. The van der Waals surface area contributed by atoms with E-state index in [9.17, 15) is 8.42 Å². The third-order valence-electron chi connectivity index (χ3n) is 2.79. The summed E-state index contributed by atoms with van der Waals surface area (Å²) in [5, 5.41) is 1.26. The van der Waals surface area contributed by atoms with E-state index in [1.165, 1.54) is 5.41 Å². The largest absolute Gasteiger partial charge is 0.497 e. The number of methoxy groups -OCH3 is 1. The molecule has 0 spiro atoms. The fraction of sp³-hybridized carbons (Fsp3) is 0.125. The normalized spacial score (nSPS) is 11.7. The molecule has 20 heavy (non-hydrogen) atoms. The van der Waals surface area contributed by atoms with Gasteiger partial charge >= 0.3 is 0 Å². The Hall–Kier alpha value is -2.07. The first-order chi connectivity index (χ1) is 9.59. The third-order valence-corrected chi connectivity index (χ3v) is 4.08. The minimum absolute atomic E-state index is 0.0136. The Bertz CT molecular complexity index is 671. The lowest BCUT2D eigenvalue weighted by Crippen LogP contribution is -1.99. The first-order valence-corrected chi connectivity index (χ1v) is 7.89. The highest BCUT2D eigenvalue weighted by atomic mass is 32.2. The van der Waals surface area contributed by atoms with Gasteiger partial charge in [-0.15, -0.1) is 0 Å². The van der Waals surface area contributed by atoms with Crippen molar-refractivity contribution < 1.29 is 13.2 Å². The second-order valence-corrected chi connectivity index (χ2v) is 6.26. The van der Waals surface area contributed by atoms with Gasteiger partial charge < -0.3 is 4.74 Å². The van der Waals surface area contributed by atoms with Gasteiger partial charge in [0.15, 0.2) is 9.84 Å². The van der Waals surface area contributed by atoms with Crippen LogP contribution >= 0.6 is 0 Å².